The zero-order valence-electron chi connectivity index (χ0n) is 44.5. The average molecular weight is 1220 g/mol. The SMILES string of the molecule is CC(C)(C)C(=O)[O-].CC(C)(C)C(=O)[O-].CC(C)(C)C(=O)[O-].CC(C)(C)C(=O)[O-].CC(C)(C)C(=O)[O-].OCCN(CCO)CCO.[Co+2].[Co+3].[Co+3].[Co+3].[O-]CCN(CC[O-])CCO.[O-]CCN(CC[O-])CCO.[OH3+].[OH3+]. The fourth-order valence-corrected chi connectivity index (χ4v) is 2.23. The number of carbonyl (C=O) groups is 5. The predicted molar refractivity (Wildman–Crippen MR) is 236 cm³/mol. The van der Waals surface area contributed by atoms with Crippen molar-refractivity contribution in [2.24, 2.45) is 27.1 Å². The summed E-state index contributed by atoms with van der Waals surface area (Å²) in [7, 11) is 0. The Morgan fingerprint density at radius 1 is 0.310 bits per heavy atom. The molecule has 0 unspecified atom stereocenters. The van der Waals surface area contributed by atoms with Crippen LogP contribution in [0.3, 0.4) is 0 Å². The Morgan fingerprint density at radius 2 is 0.394 bits per heavy atom. The van der Waals surface area contributed by atoms with Crippen LogP contribution < -0.4 is 46.0 Å². The van der Waals surface area contributed by atoms with Gasteiger partial charge in [0.2, 0.25) is 0 Å². The smallest absolute Gasteiger partial charge is 0.854 e. The Balaban J connectivity index is -0.0000000433. The summed E-state index contributed by atoms with van der Waals surface area (Å²) in [5.74, 6) is -5.03. The Morgan fingerprint density at radius 3 is 0.451 bits per heavy atom. The van der Waals surface area contributed by atoms with Gasteiger partial charge in [-0.1, -0.05) is 104 Å². The van der Waals surface area contributed by atoms with E-state index < -0.39 is 56.9 Å². The van der Waals surface area contributed by atoms with E-state index >= 15 is 0 Å². The second-order valence-electron chi connectivity index (χ2n) is 18.6. The second kappa shape index (κ2) is 63.1. The molecule has 0 rings (SSSR count). The quantitative estimate of drug-likeness (QED) is 0.0796. The van der Waals surface area contributed by atoms with Crippen LogP contribution in [0.25, 0.3) is 0 Å². The third-order valence-corrected chi connectivity index (χ3v) is 6.77. The molecule has 0 aliphatic carbocycles. The van der Waals surface area contributed by atoms with Crippen molar-refractivity contribution in [2.75, 3.05) is 118 Å². The van der Waals surface area contributed by atoms with Crippen LogP contribution >= 0.6 is 0 Å². The van der Waals surface area contributed by atoms with Gasteiger partial charge in [0.15, 0.2) is 0 Å². The summed E-state index contributed by atoms with van der Waals surface area (Å²) >= 11 is 0. The van der Waals surface area contributed by atoms with Crippen molar-refractivity contribution in [3.63, 3.8) is 0 Å². The fraction of sp³-hybridized carbons (Fsp3) is 0.884. The summed E-state index contributed by atoms with van der Waals surface area (Å²) < 4.78 is 0. The van der Waals surface area contributed by atoms with Crippen LogP contribution in [0.1, 0.15) is 104 Å². The summed E-state index contributed by atoms with van der Waals surface area (Å²) in [6.07, 6.45) is 0. The van der Waals surface area contributed by atoms with E-state index in [4.69, 9.17) is 25.5 Å². The summed E-state index contributed by atoms with van der Waals surface area (Å²) in [4.78, 5) is 54.7. The third kappa shape index (κ3) is 98.6. The van der Waals surface area contributed by atoms with E-state index in [0.717, 1.165) is 0 Å². The largest absolute Gasteiger partial charge is 3.00 e. The zero-order valence-corrected chi connectivity index (χ0v) is 48.7. The summed E-state index contributed by atoms with van der Waals surface area (Å²) in [5.41, 5.74) is -3.47. The van der Waals surface area contributed by atoms with Gasteiger partial charge in [-0.2, -0.15) is 0 Å². The van der Waals surface area contributed by atoms with E-state index in [1.165, 1.54) is 0 Å². The van der Waals surface area contributed by atoms with E-state index in [1.54, 1.807) is 119 Å². The number of nitrogens with zero attached hydrogens (tertiary/aromatic N) is 3. The van der Waals surface area contributed by atoms with Crippen LogP contribution in [0.15, 0.2) is 0 Å². The normalized spacial score (nSPS) is 10.1. The van der Waals surface area contributed by atoms with Crippen LogP contribution in [0.5, 0.6) is 0 Å². The van der Waals surface area contributed by atoms with E-state index in [9.17, 15) is 69.9 Å². The molecular weight excluding hydrogens is 1130 g/mol. The van der Waals surface area contributed by atoms with Gasteiger partial charge in [-0.15, -0.1) is 26.4 Å². The minimum absolute atomic E-state index is 0. The van der Waals surface area contributed by atoms with Crippen LogP contribution in [0.2, 0.25) is 0 Å². The molecule has 0 aliphatic rings. The van der Waals surface area contributed by atoms with Crippen LogP contribution in [-0.2, 0) is 102 Å². The van der Waals surface area contributed by atoms with Crippen molar-refractivity contribution in [2.45, 2.75) is 104 Å². The van der Waals surface area contributed by atoms with Crippen molar-refractivity contribution in [1.82, 2.24) is 14.7 Å². The molecule has 24 nitrogen and oxygen atoms in total. The average Bonchev–Trinajstić information content (AvgIpc) is 3.13. The minimum atomic E-state index is -1.01. The number of aliphatic hydroxyl groups is 5. The van der Waals surface area contributed by atoms with Gasteiger partial charge in [0, 0.05) is 89.6 Å². The topological polar surface area (TPSA) is 470 Å². The molecule has 0 aromatic carbocycles. The van der Waals surface area contributed by atoms with Crippen LogP contribution in [0, 0.1) is 27.1 Å². The van der Waals surface area contributed by atoms with Crippen molar-refractivity contribution in [3.05, 3.63) is 0 Å². The maximum absolute atomic E-state index is 10.1. The van der Waals surface area contributed by atoms with Crippen molar-refractivity contribution in [1.29, 1.82) is 0 Å². The molecule has 0 spiro atoms. The maximum Gasteiger partial charge on any atom is 3.00 e. The van der Waals surface area contributed by atoms with Gasteiger partial charge in [0.05, 0.1) is 33.0 Å². The minimum Gasteiger partial charge on any atom is -0.854 e. The third-order valence-electron chi connectivity index (χ3n) is 6.77. The molecular formula is C43H92Co4N3O21+4. The van der Waals surface area contributed by atoms with E-state index in [0.29, 0.717) is 58.9 Å². The molecule has 0 bridgehead atoms. The van der Waals surface area contributed by atoms with Crippen molar-refractivity contribution < 1.29 is 174 Å². The molecule has 28 heteroatoms. The first kappa shape index (κ1) is 106. The van der Waals surface area contributed by atoms with Crippen LogP contribution in [-0.4, -0.2) is 188 Å². The van der Waals surface area contributed by atoms with E-state index in [2.05, 4.69) is 0 Å². The number of carboxylic acid groups (broad SMARTS) is 5. The molecule has 0 saturated carbocycles. The first-order chi connectivity index (χ1) is 29.3. The molecule has 0 saturated heterocycles. The number of aliphatic hydroxyl groups excluding tert-OH is 5. The van der Waals surface area contributed by atoms with Crippen molar-refractivity contribution >= 4 is 29.8 Å². The molecule has 0 aromatic heterocycles. The van der Waals surface area contributed by atoms with Gasteiger partial charge in [0.1, 0.15) is 0 Å². The molecule has 0 amide bonds. The Labute approximate surface area is 465 Å². The maximum atomic E-state index is 10.1. The van der Waals surface area contributed by atoms with E-state index in [1.807, 2.05) is 0 Å². The Bertz CT molecular complexity index is 927. The number of carboxylic acids is 5. The molecule has 0 aromatic rings. The molecule has 0 aliphatic heterocycles. The Hall–Kier alpha value is -1.18. The number of aliphatic carboxylic acids is 5. The molecule has 0 atom stereocenters. The molecule has 437 valence electrons. The first-order valence-corrected chi connectivity index (χ1v) is 20.9. The molecule has 11 N–H and O–H groups in total. The number of carbonyl (C=O) groups excluding carboxylic acids is 5. The number of hydrogen-bond acceptors (Lipinski definition) is 22. The number of hydrogen-bond donors (Lipinski definition) is 5. The van der Waals surface area contributed by atoms with E-state index in [-0.39, 0.29) is 138 Å². The fourth-order valence-electron chi connectivity index (χ4n) is 2.23. The number of rotatable bonds is 18. The summed E-state index contributed by atoms with van der Waals surface area (Å²) in [6.45, 7) is 27.3. The van der Waals surface area contributed by atoms with Crippen LogP contribution in [0.4, 0.5) is 0 Å². The van der Waals surface area contributed by atoms with Gasteiger partial charge in [-0.3, -0.25) is 4.90 Å². The summed E-state index contributed by atoms with van der Waals surface area (Å²) in [5, 5.41) is 132. The monoisotopic (exact) mass is 1220 g/mol. The van der Waals surface area contributed by atoms with Crippen molar-refractivity contribution in [3.8, 4) is 0 Å². The Kier molecular flexibility index (Phi) is 94.3. The zero-order chi connectivity index (χ0) is 53.8. The van der Waals surface area contributed by atoms with Gasteiger partial charge in [-0.05, 0) is 26.2 Å². The van der Waals surface area contributed by atoms with Gasteiger partial charge in [0.25, 0.3) is 0 Å². The standard InChI is InChI=1S/C6H15NO3.2C6H13NO3.5C5H10O2.4Co.2H2O/c3*8-4-1-7(2-5-9)3-6-10;5*1-5(2,3)4(6)7;;;;;;/h8-10H,1-6H2;2*8H,1-6H2;5*1-3H3,(H,6,7);;;;;2*1H2/q;2*-2;;;;;;+2;3*+3;;/p-3. The molecule has 0 heterocycles. The van der Waals surface area contributed by atoms with Gasteiger partial charge in [-0.25, -0.2) is 0 Å². The summed E-state index contributed by atoms with van der Waals surface area (Å²) in [6, 6.07) is 0. The molecule has 71 heavy (non-hydrogen) atoms. The first-order valence-electron chi connectivity index (χ1n) is 20.9. The van der Waals surface area contributed by atoms with Gasteiger partial charge < -0.3 is 116 Å². The van der Waals surface area contributed by atoms with Gasteiger partial charge >= 0.3 is 67.1 Å². The molecule has 1 radical (unpaired) electrons. The second-order valence-corrected chi connectivity index (χ2v) is 18.6. The predicted octanol–water partition coefficient (Wildman–Crippen LogP) is -10.7. The molecule has 0 fully saturated rings.